The summed E-state index contributed by atoms with van der Waals surface area (Å²) in [5, 5.41) is 11.3. The summed E-state index contributed by atoms with van der Waals surface area (Å²) in [5.41, 5.74) is 16.2. The van der Waals surface area contributed by atoms with Crippen LogP contribution in [0.4, 0.5) is 0 Å². The van der Waals surface area contributed by atoms with Gasteiger partial charge in [0.05, 0.1) is 0 Å². The van der Waals surface area contributed by atoms with Gasteiger partial charge in [0.1, 0.15) is 5.75 Å². The van der Waals surface area contributed by atoms with Gasteiger partial charge in [0, 0.05) is 0 Å². The summed E-state index contributed by atoms with van der Waals surface area (Å²) in [6.45, 7) is 20.3. The predicted octanol–water partition coefficient (Wildman–Crippen LogP) is 10.3. The van der Waals surface area contributed by atoms with Gasteiger partial charge in [-0.3, -0.25) is 0 Å². The molecule has 0 aromatic heterocycles. The van der Waals surface area contributed by atoms with E-state index in [1.54, 1.807) is 0 Å². The molecule has 0 heterocycles. The third-order valence-electron chi connectivity index (χ3n) is 9.58. The lowest BCUT2D eigenvalue weighted by molar-refractivity contribution is 0.463. The number of benzene rings is 4. The van der Waals surface area contributed by atoms with Gasteiger partial charge in [-0.2, -0.15) is 0 Å². The standard InChI is InChI=1S/C39H48O/c1-24-13-10-16-34(30(24)7)27(4)21-33-19-20-39(40)38(23-29(6)36-18-12-15-26(3)32(36)9)37(33)22-28(5)35-17-11-14-25(2)31(35)8/h10-20,27-29,40H,21-23H2,1-9H3. The Hall–Kier alpha value is -3.32. The number of hydrogen-bond donors (Lipinski definition) is 1. The number of hydrogen-bond acceptors (Lipinski definition) is 1. The van der Waals surface area contributed by atoms with Crippen molar-refractivity contribution < 1.29 is 5.11 Å². The van der Waals surface area contributed by atoms with Gasteiger partial charge in [0.2, 0.25) is 0 Å². The highest BCUT2D eigenvalue weighted by Crippen LogP contribution is 2.37. The molecule has 40 heavy (non-hydrogen) atoms. The van der Waals surface area contributed by atoms with E-state index in [-0.39, 0.29) is 0 Å². The van der Waals surface area contributed by atoms with Crippen LogP contribution in [0.15, 0.2) is 66.7 Å². The highest BCUT2D eigenvalue weighted by molar-refractivity contribution is 5.49. The minimum atomic E-state index is 0.312. The van der Waals surface area contributed by atoms with E-state index in [0.29, 0.717) is 23.5 Å². The summed E-state index contributed by atoms with van der Waals surface area (Å²) < 4.78 is 0. The molecular formula is C39H48O. The lowest BCUT2D eigenvalue weighted by atomic mass is 9.80. The van der Waals surface area contributed by atoms with E-state index < -0.39 is 0 Å². The monoisotopic (exact) mass is 532 g/mol. The minimum Gasteiger partial charge on any atom is -0.508 e. The molecule has 1 nitrogen and oxygen atoms in total. The Kier molecular flexibility index (Phi) is 9.24. The zero-order valence-corrected chi connectivity index (χ0v) is 26.2. The van der Waals surface area contributed by atoms with E-state index in [1.807, 2.05) is 6.07 Å². The van der Waals surface area contributed by atoms with Crippen LogP contribution in [-0.4, -0.2) is 5.11 Å². The summed E-state index contributed by atoms with van der Waals surface area (Å²) in [5.74, 6) is 1.49. The molecule has 0 spiro atoms. The fourth-order valence-electron chi connectivity index (χ4n) is 6.60. The first kappa shape index (κ1) is 29.7. The first-order valence-electron chi connectivity index (χ1n) is 15.0. The fraction of sp³-hybridized carbons (Fsp3) is 0.385. The van der Waals surface area contributed by atoms with Gasteiger partial charge in [-0.25, -0.2) is 0 Å². The second-order valence-corrected chi connectivity index (χ2v) is 12.4. The molecule has 4 aromatic rings. The maximum absolute atomic E-state index is 11.3. The Morgan fingerprint density at radius 1 is 0.475 bits per heavy atom. The van der Waals surface area contributed by atoms with Gasteiger partial charge in [-0.05, 0) is 151 Å². The number of phenols is 1. The van der Waals surface area contributed by atoms with Crippen LogP contribution in [0, 0.1) is 41.5 Å². The summed E-state index contributed by atoms with van der Waals surface area (Å²) in [7, 11) is 0. The average Bonchev–Trinajstić information content (AvgIpc) is 2.92. The van der Waals surface area contributed by atoms with Gasteiger partial charge in [0.15, 0.2) is 0 Å². The van der Waals surface area contributed by atoms with Crippen LogP contribution in [0.1, 0.15) is 105 Å². The van der Waals surface area contributed by atoms with Crippen molar-refractivity contribution in [2.75, 3.05) is 0 Å². The molecule has 0 bridgehead atoms. The molecule has 0 aliphatic rings. The maximum atomic E-state index is 11.3. The second kappa shape index (κ2) is 12.5. The largest absolute Gasteiger partial charge is 0.508 e. The summed E-state index contributed by atoms with van der Waals surface area (Å²) in [4.78, 5) is 0. The molecule has 4 aromatic carbocycles. The molecule has 0 saturated carbocycles. The van der Waals surface area contributed by atoms with Crippen LogP contribution in [0.25, 0.3) is 0 Å². The molecular weight excluding hydrogens is 484 g/mol. The van der Waals surface area contributed by atoms with Crippen LogP contribution >= 0.6 is 0 Å². The quantitative estimate of drug-likeness (QED) is 0.227. The Labute approximate surface area is 243 Å². The molecule has 1 heteroatoms. The van der Waals surface area contributed by atoms with Crippen molar-refractivity contribution in [1.29, 1.82) is 0 Å². The molecule has 1 N–H and O–H groups in total. The summed E-state index contributed by atoms with van der Waals surface area (Å²) in [6.07, 6.45) is 2.71. The number of phenolic OH excluding ortho intramolecular Hbond substituents is 1. The van der Waals surface area contributed by atoms with Crippen molar-refractivity contribution in [3.05, 3.63) is 133 Å². The first-order chi connectivity index (χ1) is 19.0. The van der Waals surface area contributed by atoms with Crippen molar-refractivity contribution in [3.63, 3.8) is 0 Å². The predicted molar refractivity (Wildman–Crippen MR) is 172 cm³/mol. The molecule has 0 amide bonds. The molecule has 0 aliphatic carbocycles. The maximum Gasteiger partial charge on any atom is 0.119 e. The SMILES string of the molecule is Cc1cccc(C(C)Cc2ccc(O)c(CC(C)c3cccc(C)c3C)c2CC(C)c2cccc(C)c2C)c1C. The summed E-state index contributed by atoms with van der Waals surface area (Å²) in [6, 6.07) is 24.1. The van der Waals surface area contributed by atoms with E-state index in [4.69, 9.17) is 0 Å². The smallest absolute Gasteiger partial charge is 0.119 e. The number of rotatable bonds is 9. The molecule has 0 fully saturated rings. The number of aryl methyl sites for hydroxylation is 3. The van der Waals surface area contributed by atoms with Gasteiger partial charge in [0.25, 0.3) is 0 Å². The topological polar surface area (TPSA) is 20.2 Å². The molecule has 3 atom stereocenters. The normalized spacial score (nSPS) is 13.7. The van der Waals surface area contributed by atoms with Crippen LogP contribution in [-0.2, 0) is 19.3 Å². The van der Waals surface area contributed by atoms with Crippen molar-refractivity contribution in [2.24, 2.45) is 0 Å². The molecule has 0 aliphatic heterocycles. The van der Waals surface area contributed by atoms with Gasteiger partial charge < -0.3 is 5.11 Å². The first-order valence-corrected chi connectivity index (χ1v) is 15.0. The zero-order valence-electron chi connectivity index (χ0n) is 26.2. The molecule has 0 radical (unpaired) electrons. The molecule has 0 saturated heterocycles. The van der Waals surface area contributed by atoms with Crippen molar-refractivity contribution in [3.8, 4) is 5.75 Å². The molecule has 4 rings (SSSR count). The Balaban J connectivity index is 1.78. The van der Waals surface area contributed by atoms with Gasteiger partial charge in [-0.15, -0.1) is 0 Å². The van der Waals surface area contributed by atoms with Crippen LogP contribution in [0.2, 0.25) is 0 Å². The number of aromatic hydroxyl groups is 1. The van der Waals surface area contributed by atoms with Crippen LogP contribution in [0.3, 0.4) is 0 Å². The van der Waals surface area contributed by atoms with E-state index in [1.165, 1.54) is 61.2 Å². The van der Waals surface area contributed by atoms with Crippen molar-refractivity contribution in [1.82, 2.24) is 0 Å². The van der Waals surface area contributed by atoms with Crippen LogP contribution in [0.5, 0.6) is 5.75 Å². The van der Waals surface area contributed by atoms with E-state index in [2.05, 4.69) is 123 Å². The van der Waals surface area contributed by atoms with Gasteiger partial charge >= 0.3 is 0 Å². The van der Waals surface area contributed by atoms with Crippen molar-refractivity contribution in [2.45, 2.75) is 99.3 Å². The van der Waals surface area contributed by atoms with E-state index in [9.17, 15) is 5.11 Å². The molecule has 3 unspecified atom stereocenters. The zero-order chi connectivity index (χ0) is 29.1. The Morgan fingerprint density at radius 3 is 1.27 bits per heavy atom. The van der Waals surface area contributed by atoms with E-state index in [0.717, 1.165) is 24.8 Å². The average molecular weight is 533 g/mol. The Bertz CT molecular complexity index is 1490. The van der Waals surface area contributed by atoms with E-state index >= 15 is 0 Å². The van der Waals surface area contributed by atoms with Gasteiger partial charge in [-0.1, -0.05) is 81.4 Å². The Morgan fingerprint density at radius 2 is 0.850 bits per heavy atom. The lowest BCUT2D eigenvalue weighted by Crippen LogP contribution is -2.12. The minimum absolute atomic E-state index is 0.312. The van der Waals surface area contributed by atoms with Crippen LogP contribution < -0.4 is 0 Å². The lowest BCUT2D eigenvalue weighted by Gasteiger charge is -2.25. The third kappa shape index (κ3) is 6.20. The summed E-state index contributed by atoms with van der Waals surface area (Å²) >= 11 is 0. The second-order valence-electron chi connectivity index (χ2n) is 12.4. The third-order valence-corrected chi connectivity index (χ3v) is 9.58. The highest BCUT2D eigenvalue weighted by atomic mass is 16.3. The fourth-order valence-corrected chi connectivity index (χ4v) is 6.60. The van der Waals surface area contributed by atoms with Crippen molar-refractivity contribution >= 4 is 0 Å². The highest BCUT2D eigenvalue weighted by Gasteiger charge is 2.22. The molecule has 210 valence electrons.